The van der Waals surface area contributed by atoms with E-state index < -0.39 is 0 Å². The minimum Gasteiger partial charge on any atom is -0.300 e. The molecule has 4 rings (SSSR count). The van der Waals surface area contributed by atoms with Crippen LogP contribution in [0.4, 0.5) is 0 Å². The largest absolute Gasteiger partial charge is 0.300 e. The summed E-state index contributed by atoms with van der Waals surface area (Å²) in [6.07, 6.45) is 8.82. The second-order valence-corrected chi connectivity index (χ2v) is 7.22. The molecule has 0 amide bonds. The number of likely N-dealkylation sites (tertiary alicyclic amines) is 1. The molecule has 3 heterocycles. The summed E-state index contributed by atoms with van der Waals surface area (Å²) in [5.41, 5.74) is 3.41. The van der Waals surface area contributed by atoms with Crippen LogP contribution in [-0.2, 0) is 0 Å². The molecule has 128 valence electrons. The van der Waals surface area contributed by atoms with Crippen molar-refractivity contribution in [3.63, 3.8) is 0 Å². The standard InChI is InChI=1S/C20H22N4S/c1-2-5-17(6-3-1)7-4-11-23-12-8-19(9-13-23)24-15-20(21-22-24)18-10-14-25-16-18/h1-7,10,14-16,19H,8-9,11-13H2/b7-4+. The highest BCUT2D eigenvalue weighted by atomic mass is 32.1. The van der Waals surface area contributed by atoms with Crippen molar-refractivity contribution >= 4 is 17.4 Å². The molecule has 1 aromatic carbocycles. The molecular formula is C20H22N4S. The summed E-state index contributed by atoms with van der Waals surface area (Å²) in [7, 11) is 0. The Hall–Kier alpha value is -2.24. The molecule has 1 aliphatic rings. The van der Waals surface area contributed by atoms with Gasteiger partial charge in [0.25, 0.3) is 0 Å². The third-order valence-corrected chi connectivity index (χ3v) is 5.42. The van der Waals surface area contributed by atoms with Crippen molar-refractivity contribution in [1.82, 2.24) is 19.9 Å². The molecule has 0 bridgehead atoms. The van der Waals surface area contributed by atoms with E-state index in [0.29, 0.717) is 6.04 Å². The van der Waals surface area contributed by atoms with Crippen LogP contribution in [0.2, 0.25) is 0 Å². The van der Waals surface area contributed by atoms with E-state index in [1.165, 1.54) is 11.1 Å². The summed E-state index contributed by atoms with van der Waals surface area (Å²) in [5.74, 6) is 0. The Labute approximate surface area is 152 Å². The van der Waals surface area contributed by atoms with E-state index in [4.69, 9.17) is 0 Å². The number of thiophene rings is 1. The molecule has 0 radical (unpaired) electrons. The Morgan fingerprint density at radius 2 is 1.96 bits per heavy atom. The number of hydrogen-bond donors (Lipinski definition) is 0. The van der Waals surface area contributed by atoms with E-state index in [1.807, 2.05) is 0 Å². The molecule has 0 spiro atoms. The van der Waals surface area contributed by atoms with E-state index in [2.05, 4.69) is 85.4 Å². The zero-order valence-corrected chi connectivity index (χ0v) is 15.0. The van der Waals surface area contributed by atoms with Gasteiger partial charge in [-0.2, -0.15) is 11.3 Å². The minimum atomic E-state index is 0.467. The maximum absolute atomic E-state index is 4.36. The van der Waals surface area contributed by atoms with Gasteiger partial charge in [0.2, 0.25) is 0 Å². The fourth-order valence-electron chi connectivity index (χ4n) is 3.27. The van der Waals surface area contributed by atoms with E-state index in [-0.39, 0.29) is 0 Å². The summed E-state index contributed by atoms with van der Waals surface area (Å²) in [4.78, 5) is 2.51. The van der Waals surface area contributed by atoms with Gasteiger partial charge in [0.05, 0.1) is 12.2 Å². The summed E-state index contributed by atoms with van der Waals surface area (Å²) in [6, 6.07) is 13.0. The van der Waals surface area contributed by atoms with Gasteiger partial charge in [0.15, 0.2) is 0 Å². The van der Waals surface area contributed by atoms with E-state index in [9.17, 15) is 0 Å². The Morgan fingerprint density at radius 1 is 1.12 bits per heavy atom. The highest BCUT2D eigenvalue weighted by Crippen LogP contribution is 2.25. The van der Waals surface area contributed by atoms with Crippen molar-refractivity contribution in [1.29, 1.82) is 0 Å². The first-order valence-corrected chi connectivity index (χ1v) is 9.71. The molecule has 25 heavy (non-hydrogen) atoms. The molecule has 3 aromatic rings. The maximum atomic E-state index is 4.36. The van der Waals surface area contributed by atoms with E-state index in [0.717, 1.165) is 38.2 Å². The number of aromatic nitrogens is 3. The third-order valence-electron chi connectivity index (χ3n) is 4.73. The van der Waals surface area contributed by atoms with Gasteiger partial charge in [0, 0.05) is 30.6 Å². The Bertz CT molecular complexity index is 799. The zero-order chi connectivity index (χ0) is 16.9. The van der Waals surface area contributed by atoms with Crippen LogP contribution in [0.3, 0.4) is 0 Å². The summed E-state index contributed by atoms with van der Waals surface area (Å²) in [6.45, 7) is 3.23. The lowest BCUT2D eigenvalue weighted by molar-refractivity contribution is 0.194. The second-order valence-electron chi connectivity index (χ2n) is 6.44. The van der Waals surface area contributed by atoms with Crippen molar-refractivity contribution < 1.29 is 0 Å². The lowest BCUT2D eigenvalue weighted by Gasteiger charge is -2.30. The predicted octanol–water partition coefficient (Wildman–Crippen LogP) is 4.36. The molecule has 0 aliphatic carbocycles. The molecule has 1 aliphatic heterocycles. The fourth-order valence-corrected chi connectivity index (χ4v) is 3.92. The average molecular weight is 350 g/mol. The quantitative estimate of drug-likeness (QED) is 0.686. The van der Waals surface area contributed by atoms with Gasteiger partial charge in [-0.05, 0) is 29.9 Å². The van der Waals surface area contributed by atoms with Gasteiger partial charge in [0.1, 0.15) is 5.69 Å². The molecule has 0 saturated carbocycles. The first kappa shape index (κ1) is 16.2. The van der Waals surface area contributed by atoms with Crippen LogP contribution >= 0.6 is 11.3 Å². The first-order chi connectivity index (χ1) is 12.4. The maximum Gasteiger partial charge on any atom is 0.113 e. The van der Waals surface area contributed by atoms with E-state index >= 15 is 0 Å². The molecule has 4 nitrogen and oxygen atoms in total. The Morgan fingerprint density at radius 3 is 2.72 bits per heavy atom. The predicted molar refractivity (Wildman–Crippen MR) is 104 cm³/mol. The molecular weight excluding hydrogens is 328 g/mol. The second kappa shape index (κ2) is 7.76. The van der Waals surface area contributed by atoms with E-state index in [1.54, 1.807) is 11.3 Å². The van der Waals surface area contributed by atoms with Crippen LogP contribution in [0.5, 0.6) is 0 Å². The molecule has 0 atom stereocenters. The first-order valence-electron chi connectivity index (χ1n) is 8.77. The van der Waals surface area contributed by atoms with Gasteiger partial charge >= 0.3 is 0 Å². The Balaban J connectivity index is 1.29. The highest BCUT2D eigenvalue weighted by Gasteiger charge is 2.21. The van der Waals surface area contributed by atoms with Crippen LogP contribution in [0.15, 0.2) is 59.4 Å². The third kappa shape index (κ3) is 4.06. The summed E-state index contributed by atoms with van der Waals surface area (Å²) >= 11 is 1.70. The van der Waals surface area contributed by atoms with Crippen molar-refractivity contribution in [3.05, 3.63) is 65.0 Å². The molecule has 5 heteroatoms. The van der Waals surface area contributed by atoms with Gasteiger partial charge in [-0.1, -0.05) is 47.7 Å². The van der Waals surface area contributed by atoms with Gasteiger partial charge in [-0.15, -0.1) is 5.10 Å². The van der Waals surface area contributed by atoms with Crippen molar-refractivity contribution in [2.75, 3.05) is 19.6 Å². The van der Waals surface area contributed by atoms with Crippen molar-refractivity contribution in [2.45, 2.75) is 18.9 Å². The number of hydrogen-bond acceptors (Lipinski definition) is 4. The number of benzene rings is 1. The van der Waals surface area contributed by atoms with Gasteiger partial charge < -0.3 is 0 Å². The molecule has 1 fully saturated rings. The lowest BCUT2D eigenvalue weighted by atomic mass is 10.1. The van der Waals surface area contributed by atoms with Crippen LogP contribution < -0.4 is 0 Å². The topological polar surface area (TPSA) is 34.0 Å². The normalized spacial score (nSPS) is 16.6. The minimum absolute atomic E-state index is 0.467. The summed E-state index contributed by atoms with van der Waals surface area (Å²) in [5, 5.41) is 12.9. The van der Waals surface area contributed by atoms with Crippen LogP contribution in [-0.4, -0.2) is 39.5 Å². The monoisotopic (exact) mass is 350 g/mol. The zero-order valence-electron chi connectivity index (χ0n) is 14.2. The molecule has 1 saturated heterocycles. The van der Waals surface area contributed by atoms with Crippen molar-refractivity contribution in [3.8, 4) is 11.3 Å². The van der Waals surface area contributed by atoms with Crippen molar-refractivity contribution in [2.24, 2.45) is 0 Å². The lowest BCUT2D eigenvalue weighted by Crippen LogP contribution is -2.34. The Kier molecular flexibility index (Phi) is 5.04. The van der Waals surface area contributed by atoms with Crippen LogP contribution in [0.1, 0.15) is 24.4 Å². The fraction of sp³-hybridized carbons (Fsp3) is 0.300. The smallest absolute Gasteiger partial charge is 0.113 e. The SMILES string of the molecule is C(=C\c1ccccc1)/CN1CCC(n2cc(-c3ccsc3)nn2)CC1. The van der Waals surface area contributed by atoms with Crippen LogP contribution in [0, 0.1) is 0 Å². The van der Waals surface area contributed by atoms with Gasteiger partial charge in [-0.3, -0.25) is 4.90 Å². The summed E-state index contributed by atoms with van der Waals surface area (Å²) < 4.78 is 2.06. The molecule has 2 aromatic heterocycles. The average Bonchev–Trinajstić information content (AvgIpc) is 3.35. The number of nitrogens with zero attached hydrogens (tertiary/aromatic N) is 4. The van der Waals surface area contributed by atoms with Gasteiger partial charge in [-0.25, -0.2) is 4.68 Å². The van der Waals surface area contributed by atoms with Crippen LogP contribution in [0.25, 0.3) is 17.3 Å². The number of piperidine rings is 1. The number of rotatable bonds is 5. The molecule has 0 N–H and O–H groups in total. The highest BCUT2D eigenvalue weighted by molar-refractivity contribution is 7.08. The molecule has 0 unspecified atom stereocenters.